The maximum absolute atomic E-state index is 12.6. The normalized spacial score (nSPS) is 22.9. The molecule has 2 aromatic rings. The van der Waals surface area contributed by atoms with E-state index < -0.39 is 5.97 Å². The lowest BCUT2D eigenvalue weighted by atomic mass is 9.92. The SMILES string of the molecule is COCCOC(=O)c1sc2nc(C[NH+]3C[C@@H](C)C[C@H](C)C3)[nH]c(=O)c2c1C. The average Bonchev–Trinajstić information content (AvgIpc) is 2.91. The van der Waals surface area contributed by atoms with Gasteiger partial charge in [0.25, 0.3) is 5.56 Å². The first-order valence-corrected chi connectivity index (χ1v) is 10.2. The molecule has 27 heavy (non-hydrogen) atoms. The molecule has 0 bridgehead atoms. The van der Waals surface area contributed by atoms with Gasteiger partial charge in [-0.05, 0) is 18.9 Å². The summed E-state index contributed by atoms with van der Waals surface area (Å²) in [7, 11) is 1.55. The van der Waals surface area contributed by atoms with Gasteiger partial charge in [0.15, 0.2) is 5.82 Å². The molecule has 2 N–H and O–H groups in total. The lowest BCUT2D eigenvalue weighted by molar-refractivity contribution is -0.926. The summed E-state index contributed by atoms with van der Waals surface area (Å²) in [5.74, 6) is 1.61. The number of thiophene rings is 1. The molecule has 0 amide bonds. The number of H-pyrrole nitrogens is 1. The number of nitrogens with zero attached hydrogens (tertiary/aromatic N) is 1. The predicted octanol–water partition coefficient (Wildman–Crippen LogP) is 1.16. The van der Waals surface area contributed by atoms with Gasteiger partial charge in [0.05, 0.1) is 25.1 Å². The highest BCUT2D eigenvalue weighted by Crippen LogP contribution is 2.27. The van der Waals surface area contributed by atoms with Crippen LogP contribution >= 0.6 is 11.3 Å². The summed E-state index contributed by atoms with van der Waals surface area (Å²) in [4.78, 5) is 34.9. The van der Waals surface area contributed by atoms with Crippen molar-refractivity contribution < 1.29 is 19.2 Å². The third-order valence-corrected chi connectivity index (χ3v) is 6.22. The Balaban J connectivity index is 1.83. The van der Waals surface area contributed by atoms with Crippen molar-refractivity contribution in [3.05, 3.63) is 26.6 Å². The minimum Gasteiger partial charge on any atom is -0.459 e. The van der Waals surface area contributed by atoms with Crippen molar-refractivity contribution in [1.29, 1.82) is 0 Å². The van der Waals surface area contributed by atoms with Crippen molar-refractivity contribution in [2.24, 2.45) is 11.8 Å². The maximum Gasteiger partial charge on any atom is 0.348 e. The maximum atomic E-state index is 12.6. The molecular weight excluding hydrogens is 366 g/mol. The highest BCUT2D eigenvalue weighted by atomic mass is 32.1. The zero-order valence-electron chi connectivity index (χ0n) is 16.4. The molecule has 1 aliphatic rings. The summed E-state index contributed by atoms with van der Waals surface area (Å²) < 4.78 is 10.1. The number of rotatable bonds is 6. The number of aryl methyl sites for hydroxylation is 1. The largest absolute Gasteiger partial charge is 0.459 e. The zero-order valence-corrected chi connectivity index (χ0v) is 17.2. The second kappa shape index (κ2) is 8.50. The van der Waals surface area contributed by atoms with Crippen LogP contribution in [-0.4, -0.2) is 49.4 Å². The fourth-order valence-corrected chi connectivity index (χ4v) is 5.15. The Morgan fingerprint density at radius 2 is 2.00 bits per heavy atom. The van der Waals surface area contributed by atoms with Crippen LogP contribution in [0.25, 0.3) is 10.2 Å². The van der Waals surface area contributed by atoms with Gasteiger partial charge in [0.2, 0.25) is 0 Å². The van der Waals surface area contributed by atoms with E-state index >= 15 is 0 Å². The molecule has 0 radical (unpaired) electrons. The molecule has 8 heteroatoms. The summed E-state index contributed by atoms with van der Waals surface area (Å²) in [6, 6.07) is 0. The fourth-order valence-electron chi connectivity index (χ4n) is 4.05. The third-order valence-electron chi connectivity index (χ3n) is 5.05. The topological polar surface area (TPSA) is 85.7 Å². The van der Waals surface area contributed by atoms with Gasteiger partial charge in [-0.25, -0.2) is 9.78 Å². The van der Waals surface area contributed by atoms with Gasteiger partial charge in [-0.15, -0.1) is 11.3 Å². The van der Waals surface area contributed by atoms with Crippen LogP contribution in [0.2, 0.25) is 0 Å². The molecule has 2 atom stereocenters. The highest BCUT2D eigenvalue weighted by molar-refractivity contribution is 7.20. The highest BCUT2D eigenvalue weighted by Gasteiger charge is 2.26. The minimum absolute atomic E-state index is 0.183. The molecule has 2 aromatic heterocycles. The van der Waals surface area contributed by atoms with Crippen LogP contribution in [0.4, 0.5) is 0 Å². The monoisotopic (exact) mass is 394 g/mol. The number of fused-ring (bicyclic) bond motifs is 1. The Morgan fingerprint density at radius 3 is 2.67 bits per heavy atom. The molecule has 0 unspecified atom stereocenters. The molecule has 148 valence electrons. The molecular formula is C19H28N3O4S+. The van der Waals surface area contributed by atoms with Crippen molar-refractivity contribution in [3.8, 4) is 0 Å². The van der Waals surface area contributed by atoms with E-state index in [0.717, 1.165) is 13.1 Å². The summed E-state index contributed by atoms with van der Waals surface area (Å²) in [6.45, 7) is 9.73. The number of likely N-dealkylation sites (tertiary alicyclic amines) is 1. The number of hydrogen-bond donors (Lipinski definition) is 2. The predicted molar refractivity (Wildman–Crippen MR) is 104 cm³/mol. The van der Waals surface area contributed by atoms with Crippen LogP contribution in [0, 0.1) is 18.8 Å². The van der Waals surface area contributed by atoms with E-state index in [-0.39, 0.29) is 12.2 Å². The number of hydrogen-bond acceptors (Lipinski definition) is 6. The van der Waals surface area contributed by atoms with Crippen LogP contribution in [0.15, 0.2) is 4.79 Å². The van der Waals surface area contributed by atoms with Crippen molar-refractivity contribution in [1.82, 2.24) is 9.97 Å². The van der Waals surface area contributed by atoms with E-state index in [1.54, 1.807) is 14.0 Å². The lowest BCUT2D eigenvalue weighted by Gasteiger charge is -2.31. The van der Waals surface area contributed by atoms with Crippen molar-refractivity contribution >= 4 is 27.5 Å². The van der Waals surface area contributed by atoms with Gasteiger partial charge in [0, 0.05) is 18.9 Å². The summed E-state index contributed by atoms with van der Waals surface area (Å²) in [6.07, 6.45) is 1.26. The first-order valence-electron chi connectivity index (χ1n) is 9.41. The molecule has 7 nitrogen and oxygen atoms in total. The molecule has 3 rings (SSSR count). The average molecular weight is 395 g/mol. The summed E-state index contributed by atoms with van der Waals surface area (Å²) in [5.41, 5.74) is 0.447. The van der Waals surface area contributed by atoms with Gasteiger partial charge in [-0.1, -0.05) is 13.8 Å². The number of methoxy groups -OCH3 is 1. The quantitative estimate of drug-likeness (QED) is 0.567. The number of carbonyl (C=O) groups excluding carboxylic acids is 1. The summed E-state index contributed by atoms with van der Waals surface area (Å²) >= 11 is 1.23. The van der Waals surface area contributed by atoms with Gasteiger partial charge in [0.1, 0.15) is 22.9 Å². The number of quaternary nitrogens is 1. The Morgan fingerprint density at radius 1 is 1.30 bits per heavy atom. The van der Waals surface area contributed by atoms with Gasteiger partial charge in [-0.3, -0.25) is 4.79 Å². The number of aromatic amines is 1. The number of carbonyl (C=O) groups is 1. The zero-order chi connectivity index (χ0) is 19.6. The van der Waals surface area contributed by atoms with Gasteiger partial charge >= 0.3 is 5.97 Å². The van der Waals surface area contributed by atoms with Gasteiger partial charge < -0.3 is 19.4 Å². The number of aromatic nitrogens is 2. The van der Waals surface area contributed by atoms with E-state index in [0.29, 0.717) is 51.5 Å². The molecule has 0 aromatic carbocycles. The third kappa shape index (κ3) is 4.56. The first-order chi connectivity index (χ1) is 12.9. The molecule has 0 spiro atoms. The molecule has 1 fully saturated rings. The van der Waals surface area contributed by atoms with E-state index in [4.69, 9.17) is 9.47 Å². The molecule has 0 aliphatic carbocycles. The fraction of sp³-hybridized carbons (Fsp3) is 0.632. The molecule has 1 aliphatic heterocycles. The Labute approximate surface area is 162 Å². The van der Waals surface area contributed by atoms with Crippen LogP contribution in [0.1, 0.15) is 41.3 Å². The number of esters is 1. The molecule has 3 heterocycles. The lowest BCUT2D eigenvalue weighted by Crippen LogP contribution is -3.13. The van der Waals surface area contributed by atoms with Crippen LogP contribution < -0.4 is 10.5 Å². The van der Waals surface area contributed by atoms with E-state index in [2.05, 4.69) is 23.8 Å². The Kier molecular flexibility index (Phi) is 6.29. The van der Waals surface area contributed by atoms with Crippen LogP contribution in [0.3, 0.4) is 0 Å². The second-order valence-corrected chi connectivity index (χ2v) is 8.66. The van der Waals surface area contributed by atoms with E-state index in [9.17, 15) is 9.59 Å². The van der Waals surface area contributed by atoms with Crippen molar-refractivity contribution in [2.45, 2.75) is 33.7 Å². The van der Waals surface area contributed by atoms with Crippen molar-refractivity contribution in [3.63, 3.8) is 0 Å². The summed E-state index contributed by atoms with van der Waals surface area (Å²) in [5, 5.41) is 0.484. The number of piperidine rings is 1. The number of nitrogens with one attached hydrogen (secondary N) is 2. The van der Waals surface area contributed by atoms with Crippen molar-refractivity contribution in [2.75, 3.05) is 33.4 Å². The Hall–Kier alpha value is -1.77. The van der Waals surface area contributed by atoms with Crippen LogP contribution in [-0.2, 0) is 16.0 Å². The molecule has 1 saturated heterocycles. The Bertz CT molecular complexity index is 866. The minimum atomic E-state index is -0.433. The van der Waals surface area contributed by atoms with E-state index in [1.807, 2.05) is 0 Å². The second-order valence-electron chi connectivity index (χ2n) is 7.66. The van der Waals surface area contributed by atoms with Crippen LogP contribution in [0.5, 0.6) is 0 Å². The van der Waals surface area contributed by atoms with E-state index in [1.165, 1.54) is 22.7 Å². The van der Waals surface area contributed by atoms with Gasteiger partial charge in [-0.2, -0.15) is 0 Å². The first kappa shape index (κ1) is 20.0. The number of ether oxygens (including phenoxy) is 2. The molecule has 0 saturated carbocycles. The smallest absolute Gasteiger partial charge is 0.348 e. The standard InChI is InChI=1S/C19H27N3O4S/c1-11-7-12(2)9-22(8-11)10-14-20-17(23)15-13(3)16(27-18(15)21-14)19(24)26-6-5-25-4/h11-12H,5-10H2,1-4H3,(H,20,21,23)/p+1/t11-,12-/m0/s1.